The van der Waals surface area contributed by atoms with Crippen molar-refractivity contribution < 1.29 is 18.7 Å². The first-order valence-electron chi connectivity index (χ1n) is 14.9. The lowest BCUT2D eigenvalue weighted by molar-refractivity contribution is 0.0600. The molecule has 0 radical (unpaired) electrons. The second-order valence-corrected chi connectivity index (χ2v) is 17.4. The Balaban J connectivity index is 1.35. The molecule has 0 unspecified atom stereocenters. The van der Waals surface area contributed by atoms with Gasteiger partial charge in [-0.2, -0.15) is 5.10 Å². The molecule has 0 saturated carbocycles. The molecule has 0 aliphatic carbocycles. The van der Waals surface area contributed by atoms with Gasteiger partial charge >= 0.3 is 5.97 Å². The molecule has 0 amide bonds. The zero-order valence-electron chi connectivity index (χ0n) is 27.1. The number of methoxy groups -OCH3 is 1. The van der Waals surface area contributed by atoms with Gasteiger partial charge in [-0.15, -0.1) is 0 Å². The van der Waals surface area contributed by atoms with Gasteiger partial charge in [0.25, 0.3) is 5.56 Å². The van der Waals surface area contributed by atoms with Crippen LogP contribution in [0.4, 0.5) is 5.95 Å². The summed E-state index contributed by atoms with van der Waals surface area (Å²) in [6.45, 7) is 14.8. The molecule has 2 N–H and O–H groups in total. The van der Waals surface area contributed by atoms with Gasteiger partial charge < -0.3 is 28.8 Å². The second-order valence-electron chi connectivity index (χ2n) is 12.5. The molecule has 4 rings (SSSR count). The second kappa shape index (κ2) is 13.3. The number of esters is 1. The minimum atomic E-state index is -1.91. The average molecular weight is 624 g/mol. The van der Waals surface area contributed by atoms with Gasteiger partial charge in [0.15, 0.2) is 8.32 Å². The van der Waals surface area contributed by atoms with Crippen molar-refractivity contribution in [2.24, 2.45) is 7.05 Å². The van der Waals surface area contributed by atoms with Crippen molar-refractivity contribution in [2.45, 2.75) is 78.2 Å². The minimum Gasteiger partial charge on any atom is -0.477 e. The molecule has 0 aliphatic heterocycles. The third kappa shape index (κ3) is 7.21. The van der Waals surface area contributed by atoms with Crippen LogP contribution in [-0.2, 0) is 29.3 Å². The molecule has 4 aromatic rings. The van der Waals surface area contributed by atoms with Gasteiger partial charge in [-0.1, -0.05) is 20.8 Å². The zero-order chi connectivity index (χ0) is 32.2. The van der Waals surface area contributed by atoms with Crippen LogP contribution >= 0.6 is 0 Å². The number of aromatic nitrogens is 6. The lowest BCUT2D eigenvalue weighted by Crippen LogP contribution is -2.41. The van der Waals surface area contributed by atoms with E-state index in [0.717, 1.165) is 19.3 Å². The van der Waals surface area contributed by atoms with E-state index < -0.39 is 14.3 Å². The highest BCUT2D eigenvalue weighted by atomic mass is 28.4. The van der Waals surface area contributed by atoms with E-state index in [1.165, 1.54) is 7.11 Å². The fourth-order valence-electron chi connectivity index (χ4n) is 4.75. The zero-order valence-corrected chi connectivity index (χ0v) is 28.1. The molecule has 0 atom stereocenters. The lowest BCUT2D eigenvalue weighted by atomic mass is 10.1. The molecule has 0 bridgehead atoms. The van der Waals surface area contributed by atoms with Gasteiger partial charge in [-0.25, -0.2) is 14.5 Å². The normalized spacial score (nSPS) is 12.2. The first kappa shape index (κ1) is 32.9. The number of hydrogen-bond donors (Lipinski definition) is 1. The molecule has 12 nitrogen and oxygen atoms in total. The highest BCUT2D eigenvalue weighted by Crippen LogP contribution is 2.36. The molecule has 0 aliphatic rings. The fraction of sp³-hybridized carbons (Fsp3) is 0.516. The van der Waals surface area contributed by atoms with Crippen molar-refractivity contribution in [1.82, 2.24) is 28.9 Å². The van der Waals surface area contributed by atoms with E-state index in [0.29, 0.717) is 71.7 Å². The molecular formula is C31H45N7O5Si. The highest BCUT2D eigenvalue weighted by Gasteiger charge is 2.36. The Hall–Kier alpha value is -3.97. The summed E-state index contributed by atoms with van der Waals surface area (Å²) in [5.41, 5.74) is 9.64. The summed E-state index contributed by atoms with van der Waals surface area (Å²) < 4.78 is 22.4. The summed E-state index contributed by atoms with van der Waals surface area (Å²) in [6, 6.07) is 5.20. The van der Waals surface area contributed by atoms with Crippen LogP contribution in [0.2, 0.25) is 18.1 Å². The van der Waals surface area contributed by atoms with E-state index in [-0.39, 0.29) is 10.6 Å². The number of nitrogens with two attached hydrogens (primary N) is 1. The number of aryl methyl sites for hydroxylation is 3. The fourth-order valence-corrected chi connectivity index (χ4v) is 5.78. The number of carbonyl (C=O) groups excluding carboxylic acids is 1. The number of anilines is 1. The Morgan fingerprint density at radius 1 is 1.07 bits per heavy atom. The van der Waals surface area contributed by atoms with Gasteiger partial charge in [0.05, 0.1) is 48.9 Å². The Bertz CT molecular complexity index is 1680. The quantitative estimate of drug-likeness (QED) is 0.124. The molecular weight excluding hydrogens is 578 g/mol. The number of pyridine rings is 2. The maximum absolute atomic E-state index is 13.4. The van der Waals surface area contributed by atoms with E-state index in [1.54, 1.807) is 40.8 Å². The molecule has 0 aromatic carbocycles. The lowest BCUT2D eigenvalue weighted by Gasteiger charge is -2.36. The molecule has 0 saturated heterocycles. The summed E-state index contributed by atoms with van der Waals surface area (Å²) in [5.74, 6) is 0.478. The maximum atomic E-state index is 13.4. The standard InChI is InChI=1S/C31H45N7O5Si/c1-21-18-22(29(40)41-6)19-25(34-21)23-20-33-36(5)28(23)42-16-11-9-10-13-38-26-24(35-30(38)32)12-14-37(27(26)39)15-17-43-44(7,8)31(2,3)4/h12,14,18-20H,9-11,13,15-17H2,1-8H3,(H2,32,35). The predicted molar refractivity (Wildman–Crippen MR) is 173 cm³/mol. The van der Waals surface area contributed by atoms with E-state index >= 15 is 0 Å². The Labute approximate surface area is 259 Å². The summed E-state index contributed by atoms with van der Waals surface area (Å²) in [4.78, 5) is 34.5. The Morgan fingerprint density at radius 2 is 1.82 bits per heavy atom. The molecule has 0 fully saturated rings. The van der Waals surface area contributed by atoms with Gasteiger partial charge in [0.2, 0.25) is 11.8 Å². The Morgan fingerprint density at radius 3 is 2.52 bits per heavy atom. The monoisotopic (exact) mass is 623 g/mol. The molecule has 238 valence electrons. The number of hydrogen-bond acceptors (Lipinski definition) is 9. The van der Waals surface area contributed by atoms with Crippen molar-refractivity contribution in [1.29, 1.82) is 0 Å². The van der Waals surface area contributed by atoms with Gasteiger partial charge in [0.1, 0.15) is 5.52 Å². The number of ether oxygens (including phenoxy) is 2. The summed E-state index contributed by atoms with van der Waals surface area (Å²) in [5, 5.41) is 4.44. The number of fused-ring (bicyclic) bond motifs is 1. The van der Waals surface area contributed by atoms with Crippen LogP contribution in [0.3, 0.4) is 0 Å². The predicted octanol–water partition coefficient (Wildman–Crippen LogP) is 4.94. The van der Waals surface area contributed by atoms with Crippen LogP contribution in [0.15, 0.2) is 35.4 Å². The first-order valence-corrected chi connectivity index (χ1v) is 17.9. The SMILES string of the molecule is COC(=O)c1cc(C)nc(-c2cnn(C)c2OCCCCCn2c(N)nc3ccn(CCO[Si](C)(C)C(C)(C)C)c(=O)c32)c1. The first-order chi connectivity index (χ1) is 20.7. The van der Waals surface area contributed by atoms with Crippen LogP contribution in [0.25, 0.3) is 22.3 Å². The van der Waals surface area contributed by atoms with E-state index in [1.807, 2.05) is 17.6 Å². The van der Waals surface area contributed by atoms with Crippen molar-refractivity contribution in [3.8, 4) is 17.1 Å². The van der Waals surface area contributed by atoms with Gasteiger partial charge in [-0.05, 0) is 62.5 Å². The Kier molecular flexibility index (Phi) is 9.99. The summed E-state index contributed by atoms with van der Waals surface area (Å²) in [7, 11) is 1.25. The van der Waals surface area contributed by atoms with Crippen LogP contribution in [0.1, 0.15) is 56.1 Å². The summed E-state index contributed by atoms with van der Waals surface area (Å²) >= 11 is 0. The van der Waals surface area contributed by atoms with Crippen LogP contribution in [0, 0.1) is 6.92 Å². The highest BCUT2D eigenvalue weighted by molar-refractivity contribution is 6.74. The smallest absolute Gasteiger partial charge is 0.337 e. The topological polar surface area (TPSA) is 141 Å². The minimum absolute atomic E-state index is 0.105. The molecule has 0 spiro atoms. The number of carbonyl (C=O) groups is 1. The van der Waals surface area contributed by atoms with Gasteiger partial charge in [-0.3, -0.25) is 9.78 Å². The molecule has 13 heteroatoms. The number of nitrogens with zero attached hydrogens (tertiary/aromatic N) is 6. The van der Waals surface area contributed by atoms with E-state index in [4.69, 9.17) is 19.6 Å². The third-order valence-electron chi connectivity index (χ3n) is 8.30. The maximum Gasteiger partial charge on any atom is 0.337 e. The van der Waals surface area contributed by atoms with Gasteiger partial charge in [0, 0.05) is 32.0 Å². The van der Waals surface area contributed by atoms with Crippen LogP contribution in [-0.4, -0.2) is 63.5 Å². The largest absolute Gasteiger partial charge is 0.477 e. The van der Waals surface area contributed by atoms with Crippen molar-refractivity contribution in [3.63, 3.8) is 0 Å². The van der Waals surface area contributed by atoms with Crippen molar-refractivity contribution in [3.05, 3.63) is 52.2 Å². The number of rotatable bonds is 13. The van der Waals surface area contributed by atoms with Crippen molar-refractivity contribution in [2.75, 3.05) is 26.1 Å². The number of nitrogen functional groups attached to an aromatic ring is 1. The number of unbranched alkanes of at least 4 members (excludes halogenated alkanes) is 2. The third-order valence-corrected chi connectivity index (χ3v) is 12.8. The molecule has 4 heterocycles. The van der Waals surface area contributed by atoms with Crippen LogP contribution < -0.4 is 16.0 Å². The average Bonchev–Trinajstić information content (AvgIpc) is 3.49. The van der Waals surface area contributed by atoms with E-state index in [2.05, 4.69) is 48.9 Å². The number of imidazole rings is 1. The molecule has 44 heavy (non-hydrogen) atoms. The van der Waals surface area contributed by atoms with Crippen LogP contribution in [0.5, 0.6) is 5.88 Å². The summed E-state index contributed by atoms with van der Waals surface area (Å²) in [6.07, 6.45) is 5.87. The van der Waals surface area contributed by atoms with E-state index in [9.17, 15) is 9.59 Å². The van der Waals surface area contributed by atoms with Crippen molar-refractivity contribution >= 4 is 31.3 Å². The molecule has 4 aromatic heterocycles.